The van der Waals surface area contributed by atoms with Gasteiger partial charge in [0.05, 0.1) is 26.8 Å². The largest absolute Gasteiger partial charge is 0.366 e. The summed E-state index contributed by atoms with van der Waals surface area (Å²) in [4.78, 5) is 48.0. The van der Waals surface area contributed by atoms with E-state index in [1.807, 2.05) is 30.9 Å². The van der Waals surface area contributed by atoms with Gasteiger partial charge in [0.25, 0.3) is 17.2 Å². The molecule has 11 heteroatoms. The Morgan fingerprint density at radius 3 is 2.48 bits per heavy atom. The van der Waals surface area contributed by atoms with Crippen LogP contribution in [0, 0.1) is 10.1 Å². The van der Waals surface area contributed by atoms with Gasteiger partial charge < -0.3 is 9.80 Å². The summed E-state index contributed by atoms with van der Waals surface area (Å²) in [5.41, 5.74) is 2.59. The number of rotatable bonds is 7. The van der Waals surface area contributed by atoms with E-state index in [9.17, 15) is 19.7 Å². The second-order valence-electron chi connectivity index (χ2n) is 9.81. The molecule has 2 aliphatic heterocycles. The van der Waals surface area contributed by atoms with Crippen LogP contribution < -0.4 is 19.8 Å². The van der Waals surface area contributed by atoms with Crippen LogP contribution >= 0.6 is 22.9 Å². The number of halogens is 1. The minimum Gasteiger partial charge on any atom is -0.366 e. The van der Waals surface area contributed by atoms with Gasteiger partial charge in [0.15, 0.2) is 4.80 Å². The predicted octanol–water partition coefficient (Wildman–Crippen LogP) is 4.27. The van der Waals surface area contributed by atoms with Crippen molar-refractivity contribution in [3.8, 4) is 0 Å². The minimum atomic E-state index is -0.685. The summed E-state index contributed by atoms with van der Waals surface area (Å²) >= 11 is 7.36. The van der Waals surface area contributed by atoms with E-state index in [0.717, 1.165) is 31.5 Å². The summed E-state index contributed by atoms with van der Waals surface area (Å²) in [6.45, 7) is 8.24. The van der Waals surface area contributed by atoms with Gasteiger partial charge in [0.1, 0.15) is 5.69 Å². The molecule has 9 nitrogen and oxygen atoms in total. The van der Waals surface area contributed by atoms with Crippen molar-refractivity contribution >= 4 is 46.3 Å². The third kappa shape index (κ3) is 5.09. The molecular formula is C29H30ClN5O4S. The van der Waals surface area contributed by atoms with Crippen molar-refractivity contribution in [1.29, 1.82) is 0 Å². The van der Waals surface area contributed by atoms with Crippen molar-refractivity contribution in [2.24, 2.45) is 4.99 Å². The number of fused-ring (bicyclic) bond motifs is 1. The van der Waals surface area contributed by atoms with Gasteiger partial charge >= 0.3 is 0 Å². The molecule has 5 rings (SSSR count). The first-order valence-corrected chi connectivity index (χ1v) is 14.5. The maximum atomic E-state index is 13.9. The van der Waals surface area contributed by atoms with Gasteiger partial charge in [-0.2, -0.15) is 0 Å². The van der Waals surface area contributed by atoms with E-state index in [1.54, 1.807) is 46.7 Å². The van der Waals surface area contributed by atoms with E-state index in [1.165, 1.54) is 17.4 Å². The van der Waals surface area contributed by atoms with Crippen molar-refractivity contribution in [1.82, 2.24) is 9.47 Å². The van der Waals surface area contributed by atoms with Gasteiger partial charge in [-0.25, -0.2) is 4.99 Å². The minimum absolute atomic E-state index is 0.0189. The van der Waals surface area contributed by atoms with Gasteiger partial charge in [-0.05, 0) is 69.0 Å². The second kappa shape index (κ2) is 11.4. The summed E-state index contributed by atoms with van der Waals surface area (Å²) < 4.78 is 1.93. The second-order valence-corrected chi connectivity index (χ2v) is 11.3. The van der Waals surface area contributed by atoms with E-state index in [-0.39, 0.29) is 22.1 Å². The average Bonchev–Trinajstić information content (AvgIpc) is 3.57. The molecule has 1 atom stereocenters. The highest BCUT2D eigenvalue weighted by Crippen LogP contribution is 2.33. The van der Waals surface area contributed by atoms with Gasteiger partial charge in [-0.1, -0.05) is 41.1 Å². The van der Waals surface area contributed by atoms with E-state index >= 15 is 0 Å². The molecule has 0 N–H and O–H groups in total. The fourth-order valence-corrected chi connectivity index (χ4v) is 6.56. The molecule has 0 saturated carbocycles. The number of aromatic nitrogens is 1. The van der Waals surface area contributed by atoms with Crippen LogP contribution in [0.4, 0.5) is 11.4 Å². The number of nitro groups is 1. The molecule has 1 fully saturated rings. The average molecular weight is 580 g/mol. The Bertz CT molecular complexity index is 1680. The van der Waals surface area contributed by atoms with Crippen molar-refractivity contribution < 1.29 is 9.72 Å². The van der Waals surface area contributed by atoms with E-state index in [4.69, 9.17) is 11.6 Å². The first kappa shape index (κ1) is 27.8. The number of allylic oxidation sites excluding steroid dienone is 1. The summed E-state index contributed by atoms with van der Waals surface area (Å²) in [5, 5.41) is 12.5. The first-order valence-electron chi connectivity index (χ1n) is 13.3. The van der Waals surface area contributed by atoms with Crippen LogP contribution in [-0.4, -0.2) is 46.5 Å². The van der Waals surface area contributed by atoms with Crippen LogP contribution in [0.5, 0.6) is 0 Å². The number of nitrogens with zero attached hydrogens (tertiary/aromatic N) is 5. The molecule has 3 aromatic rings. The first-order chi connectivity index (χ1) is 19.2. The molecule has 1 aromatic heterocycles. The number of likely N-dealkylation sites (N-methyl/N-ethyl adjacent to an activating group) is 1. The van der Waals surface area contributed by atoms with Gasteiger partial charge in [-0.3, -0.25) is 24.3 Å². The molecule has 2 aromatic carbocycles. The Kier molecular flexibility index (Phi) is 7.91. The van der Waals surface area contributed by atoms with Crippen LogP contribution in [0.2, 0.25) is 5.02 Å². The standard InChI is InChI=1S/C29H30ClN5O4S/c1-4-32(5-2)28(37)25-18(3)31-29-34(26(25)20-9-11-21(30)12-10-20)27(36)24(40-29)17-19-8-13-22(23(16-19)35(38)39)33-14-6-7-15-33/h8-13,16-17,26H,4-7,14-15H2,1-3H3/b24-17-/t26-/m1/s1. The molecule has 1 saturated heterocycles. The normalized spacial score (nSPS) is 17.1. The smallest absolute Gasteiger partial charge is 0.293 e. The van der Waals surface area contributed by atoms with E-state index < -0.39 is 6.04 Å². The van der Waals surface area contributed by atoms with Gasteiger partial charge in [-0.15, -0.1) is 0 Å². The van der Waals surface area contributed by atoms with Gasteiger partial charge in [0, 0.05) is 37.3 Å². The summed E-state index contributed by atoms with van der Waals surface area (Å²) in [7, 11) is 0. The van der Waals surface area contributed by atoms with Crippen LogP contribution in [-0.2, 0) is 4.79 Å². The van der Waals surface area contributed by atoms with Gasteiger partial charge in [0.2, 0.25) is 0 Å². The summed E-state index contributed by atoms with van der Waals surface area (Å²) in [6, 6.07) is 11.5. The lowest BCUT2D eigenvalue weighted by Gasteiger charge is -2.29. The third-order valence-corrected chi connectivity index (χ3v) is 8.66. The van der Waals surface area contributed by atoms with Crippen LogP contribution in [0.3, 0.4) is 0 Å². The number of amides is 1. The number of benzene rings is 2. The maximum Gasteiger partial charge on any atom is 0.293 e. The predicted molar refractivity (Wildman–Crippen MR) is 158 cm³/mol. The molecule has 208 valence electrons. The van der Waals surface area contributed by atoms with Crippen molar-refractivity contribution in [3.63, 3.8) is 0 Å². The lowest BCUT2D eigenvalue weighted by Crippen LogP contribution is -2.43. The highest BCUT2D eigenvalue weighted by Gasteiger charge is 2.34. The molecule has 0 bridgehead atoms. The number of hydrogen-bond donors (Lipinski definition) is 0. The zero-order chi connectivity index (χ0) is 28.6. The van der Waals surface area contributed by atoms with Crippen LogP contribution in [0.25, 0.3) is 6.08 Å². The Hall–Kier alpha value is -3.76. The lowest BCUT2D eigenvalue weighted by molar-refractivity contribution is -0.384. The Balaban J connectivity index is 1.66. The number of anilines is 1. The maximum absolute atomic E-state index is 13.9. The summed E-state index contributed by atoms with van der Waals surface area (Å²) in [6.07, 6.45) is 3.68. The van der Waals surface area contributed by atoms with E-state index in [0.29, 0.717) is 50.0 Å². The Morgan fingerprint density at radius 2 is 1.85 bits per heavy atom. The monoisotopic (exact) mass is 579 g/mol. The number of carbonyl (C=O) groups is 1. The SMILES string of the molecule is CCN(CC)C(=O)C1=C(C)N=c2s/c(=C\c3ccc(N4CCCC4)c([N+](=O)[O-])c3)c(=O)n2[C@@H]1c1ccc(Cl)cc1. The lowest BCUT2D eigenvalue weighted by atomic mass is 9.94. The molecule has 2 aliphatic rings. The quantitative estimate of drug-likeness (QED) is 0.307. The Morgan fingerprint density at radius 1 is 1.18 bits per heavy atom. The molecule has 0 radical (unpaired) electrons. The molecular weight excluding hydrogens is 550 g/mol. The highest BCUT2D eigenvalue weighted by atomic mass is 35.5. The van der Waals surface area contributed by atoms with Crippen molar-refractivity contribution in [2.45, 2.75) is 39.7 Å². The fraction of sp³-hybridized carbons (Fsp3) is 0.345. The molecule has 0 spiro atoms. The van der Waals surface area contributed by atoms with Crippen molar-refractivity contribution in [2.75, 3.05) is 31.1 Å². The molecule has 0 unspecified atom stereocenters. The molecule has 0 aliphatic carbocycles. The van der Waals surface area contributed by atoms with E-state index in [2.05, 4.69) is 4.99 Å². The topological polar surface area (TPSA) is 101 Å². The zero-order valence-electron chi connectivity index (χ0n) is 22.6. The summed E-state index contributed by atoms with van der Waals surface area (Å²) in [5.74, 6) is -0.173. The fourth-order valence-electron chi connectivity index (χ4n) is 5.39. The zero-order valence-corrected chi connectivity index (χ0v) is 24.2. The van der Waals surface area contributed by atoms with Crippen molar-refractivity contribution in [3.05, 3.63) is 99.7 Å². The Labute approximate surface area is 240 Å². The highest BCUT2D eigenvalue weighted by molar-refractivity contribution is 7.07. The molecule has 40 heavy (non-hydrogen) atoms. The number of carbonyl (C=O) groups excluding carboxylic acids is 1. The van der Waals surface area contributed by atoms with Crippen LogP contribution in [0.15, 0.2) is 63.5 Å². The number of thiazole rings is 1. The molecule has 1 amide bonds. The molecule has 3 heterocycles. The number of hydrogen-bond acceptors (Lipinski definition) is 7. The number of nitro benzene ring substituents is 1. The van der Waals surface area contributed by atoms with Crippen LogP contribution in [0.1, 0.15) is 50.8 Å². The third-order valence-electron chi connectivity index (χ3n) is 7.43.